The summed E-state index contributed by atoms with van der Waals surface area (Å²) in [5.74, 6) is 0.0477. The van der Waals surface area contributed by atoms with E-state index < -0.39 is 0 Å². The highest BCUT2D eigenvalue weighted by atomic mass is 16.1. The second kappa shape index (κ2) is 7.25. The van der Waals surface area contributed by atoms with Crippen LogP contribution >= 0.6 is 0 Å². The summed E-state index contributed by atoms with van der Waals surface area (Å²) in [7, 11) is 0. The molecule has 1 saturated heterocycles. The first-order chi connectivity index (χ1) is 9.63. The summed E-state index contributed by atoms with van der Waals surface area (Å²) in [4.78, 5) is 14.2. The molecule has 20 heavy (non-hydrogen) atoms. The Hall–Kier alpha value is -1.61. The molecule has 0 saturated carbocycles. The summed E-state index contributed by atoms with van der Waals surface area (Å²) < 4.78 is 0. The quantitative estimate of drug-likeness (QED) is 0.855. The van der Waals surface area contributed by atoms with Crippen molar-refractivity contribution in [3.05, 3.63) is 47.5 Å². The molecule has 0 radical (unpaired) electrons. The topological polar surface area (TPSA) is 32.3 Å². The molecule has 0 aromatic heterocycles. The van der Waals surface area contributed by atoms with E-state index in [4.69, 9.17) is 0 Å². The molecule has 1 N–H and O–H groups in total. The molecule has 0 bridgehead atoms. The monoisotopic (exact) mass is 272 g/mol. The van der Waals surface area contributed by atoms with Crippen molar-refractivity contribution >= 4 is 5.91 Å². The van der Waals surface area contributed by atoms with Crippen LogP contribution in [0.3, 0.4) is 0 Å². The Balaban J connectivity index is 1.75. The van der Waals surface area contributed by atoms with Crippen LogP contribution in [0.4, 0.5) is 0 Å². The number of likely N-dealkylation sites (tertiary alicyclic amines) is 1. The highest BCUT2D eigenvalue weighted by Crippen LogP contribution is 2.13. The van der Waals surface area contributed by atoms with E-state index in [1.807, 2.05) is 13.8 Å². The zero-order valence-corrected chi connectivity index (χ0v) is 12.4. The normalized spacial score (nSPS) is 16.7. The summed E-state index contributed by atoms with van der Waals surface area (Å²) in [5, 5.41) is 3.09. The number of benzene rings is 1. The lowest BCUT2D eigenvalue weighted by atomic mass is 10.0. The molecule has 0 unspecified atom stereocenters. The van der Waals surface area contributed by atoms with E-state index in [2.05, 4.69) is 40.5 Å². The van der Waals surface area contributed by atoms with E-state index in [1.165, 1.54) is 5.56 Å². The molecule has 0 aliphatic carbocycles. The van der Waals surface area contributed by atoms with E-state index in [0.29, 0.717) is 6.04 Å². The third kappa shape index (κ3) is 4.82. The molecular weight excluding hydrogens is 248 g/mol. The number of nitrogens with zero attached hydrogens (tertiary/aromatic N) is 1. The van der Waals surface area contributed by atoms with Gasteiger partial charge in [0.1, 0.15) is 0 Å². The van der Waals surface area contributed by atoms with E-state index >= 15 is 0 Å². The van der Waals surface area contributed by atoms with Crippen LogP contribution in [0.1, 0.15) is 32.3 Å². The number of rotatable bonds is 4. The Labute approximate surface area is 121 Å². The molecule has 0 atom stereocenters. The third-order valence-corrected chi connectivity index (χ3v) is 3.60. The molecule has 3 nitrogen and oxygen atoms in total. The van der Waals surface area contributed by atoms with Crippen LogP contribution < -0.4 is 5.32 Å². The zero-order valence-electron chi connectivity index (χ0n) is 12.4. The van der Waals surface area contributed by atoms with Gasteiger partial charge < -0.3 is 5.32 Å². The van der Waals surface area contributed by atoms with E-state index in [1.54, 1.807) is 6.08 Å². The number of amides is 1. The van der Waals surface area contributed by atoms with Gasteiger partial charge in [-0.15, -0.1) is 0 Å². The predicted molar refractivity (Wildman–Crippen MR) is 82.3 cm³/mol. The van der Waals surface area contributed by atoms with Gasteiger partial charge in [0.2, 0.25) is 5.91 Å². The van der Waals surface area contributed by atoms with Crippen molar-refractivity contribution in [1.82, 2.24) is 10.2 Å². The maximum atomic E-state index is 11.7. The molecule has 1 heterocycles. The van der Waals surface area contributed by atoms with Gasteiger partial charge in [-0.25, -0.2) is 0 Å². The van der Waals surface area contributed by atoms with Crippen molar-refractivity contribution in [3.63, 3.8) is 0 Å². The Morgan fingerprint density at radius 2 is 1.90 bits per heavy atom. The molecule has 2 rings (SSSR count). The number of allylic oxidation sites excluding steroid dienone is 1. The van der Waals surface area contributed by atoms with Gasteiger partial charge in [0.25, 0.3) is 0 Å². The molecule has 0 spiro atoms. The van der Waals surface area contributed by atoms with Crippen LogP contribution in [-0.4, -0.2) is 29.9 Å². The Morgan fingerprint density at radius 3 is 2.50 bits per heavy atom. The van der Waals surface area contributed by atoms with Gasteiger partial charge in [-0.05, 0) is 32.3 Å². The van der Waals surface area contributed by atoms with Crippen LogP contribution in [-0.2, 0) is 11.3 Å². The number of carbonyl (C=O) groups is 1. The van der Waals surface area contributed by atoms with Gasteiger partial charge in [0.15, 0.2) is 0 Å². The number of hydrogen-bond acceptors (Lipinski definition) is 2. The maximum Gasteiger partial charge on any atom is 0.244 e. The SMILES string of the molecule is CC(C)=CC(=O)NC1CCN(Cc2ccccc2)CC1. The van der Waals surface area contributed by atoms with E-state index in [-0.39, 0.29) is 5.91 Å². The van der Waals surface area contributed by atoms with Gasteiger partial charge in [-0.2, -0.15) is 0 Å². The summed E-state index contributed by atoms with van der Waals surface area (Å²) in [6.07, 6.45) is 3.75. The van der Waals surface area contributed by atoms with Crippen molar-refractivity contribution in [2.75, 3.05) is 13.1 Å². The maximum absolute atomic E-state index is 11.7. The van der Waals surface area contributed by atoms with E-state index in [0.717, 1.165) is 38.0 Å². The van der Waals surface area contributed by atoms with Crippen molar-refractivity contribution in [3.8, 4) is 0 Å². The van der Waals surface area contributed by atoms with Gasteiger partial charge >= 0.3 is 0 Å². The largest absolute Gasteiger partial charge is 0.350 e. The molecule has 1 aromatic rings. The standard InChI is InChI=1S/C17H24N2O/c1-14(2)12-17(20)18-16-8-10-19(11-9-16)13-15-6-4-3-5-7-15/h3-7,12,16H,8-11,13H2,1-2H3,(H,18,20). The Bertz CT molecular complexity index is 455. The predicted octanol–water partition coefficient (Wildman–Crippen LogP) is 2.73. The lowest BCUT2D eigenvalue weighted by Gasteiger charge is -2.32. The summed E-state index contributed by atoms with van der Waals surface area (Å²) in [6.45, 7) is 7.00. The fourth-order valence-corrected chi connectivity index (χ4v) is 2.58. The summed E-state index contributed by atoms with van der Waals surface area (Å²) in [6, 6.07) is 10.9. The lowest BCUT2D eigenvalue weighted by Crippen LogP contribution is -2.43. The minimum atomic E-state index is 0.0477. The zero-order chi connectivity index (χ0) is 14.4. The first-order valence-corrected chi connectivity index (χ1v) is 7.35. The third-order valence-electron chi connectivity index (χ3n) is 3.60. The molecule has 1 fully saturated rings. The first kappa shape index (κ1) is 14.8. The second-order valence-corrected chi connectivity index (χ2v) is 5.77. The van der Waals surface area contributed by atoms with Crippen LogP contribution in [0.2, 0.25) is 0 Å². The number of piperidine rings is 1. The number of nitrogens with one attached hydrogen (secondary N) is 1. The molecule has 1 aliphatic rings. The van der Waals surface area contributed by atoms with Gasteiger partial charge in [-0.1, -0.05) is 35.9 Å². The smallest absolute Gasteiger partial charge is 0.244 e. The highest BCUT2D eigenvalue weighted by Gasteiger charge is 2.19. The average Bonchev–Trinajstić information content (AvgIpc) is 2.41. The van der Waals surface area contributed by atoms with Crippen LogP contribution in [0.25, 0.3) is 0 Å². The van der Waals surface area contributed by atoms with Crippen molar-refractivity contribution in [2.24, 2.45) is 0 Å². The number of hydrogen-bond donors (Lipinski definition) is 1. The summed E-state index contributed by atoms with van der Waals surface area (Å²) >= 11 is 0. The second-order valence-electron chi connectivity index (χ2n) is 5.77. The van der Waals surface area contributed by atoms with Gasteiger partial charge in [0, 0.05) is 31.8 Å². The van der Waals surface area contributed by atoms with E-state index in [9.17, 15) is 4.79 Å². The molecule has 108 valence electrons. The van der Waals surface area contributed by atoms with Gasteiger partial charge in [0.05, 0.1) is 0 Å². The molecule has 1 amide bonds. The minimum absolute atomic E-state index is 0.0477. The number of carbonyl (C=O) groups excluding carboxylic acids is 1. The fraction of sp³-hybridized carbons (Fsp3) is 0.471. The van der Waals surface area contributed by atoms with Crippen molar-refractivity contribution < 1.29 is 4.79 Å². The average molecular weight is 272 g/mol. The first-order valence-electron chi connectivity index (χ1n) is 7.35. The molecule has 1 aliphatic heterocycles. The van der Waals surface area contributed by atoms with Crippen LogP contribution in [0.15, 0.2) is 42.0 Å². The Morgan fingerprint density at radius 1 is 1.25 bits per heavy atom. The van der Waals surface area contributed by atoms with Crippen LogP contribution in [0.5, 0.6) is 0 Å². The highest BCUT2D eigenvalue weighted by molar-refractivity contribution is 5.88. The molecule has 1 aromatic carbocycles. The minimum Gasteiger partial charge on any atom is -0.350 e. The van der Waals surface area contributed by atoms with Crippen LogP contribution in [0, 0.1) is 0 Å². The van der Waals surface area contributed by atoms with Crippen molar-refractivity contribution in [1.29, 1.82) is 0 Å². The summed E-state index contributed by atoms with van der Waals surface area (Å²) in [5.41, 5.74) is 2.41. The fourth-order valence-electron chi connectivity index (χ4n) is 2.58. The lowest BCUT2D eigenvalue weighted by molar-refractivity contribution is -0.117. The van der Waals surface area contributed by atoms with Gasteiger partial charge in [-0.3, -0.25) is 9.69 Å². The molecule has 3 heteroatoms. The Kier molecular flexibility index (Phi) is 5.36. The van der Waals surface area contributed by atoms with Crippen molar-refractivity contribution in [2.45, 2.75) is 39.3 Å². The molecular formula is C17H24N2O.